The second-order valence-electron chi connectivity index (χ2n) is 6.12. The standard InChI is InChI=1S/C17H21BrFN5O3S/c1-24(2)7-3-6-21-17(26)22-16-13(14(20)25)15(23-28-16)27-9-10-4-5-11(18)8-12(10)19/h4-5,8H,3,6-7,9H2,1-2H3,(H2,20,25)(H2,21,22,26). The molecular weight excluding hydrogens is 453 g/mol. The number of primary amides is 1. The summed E-state index contributed by atoms with van der Waals surface area (Å²) in [5.41, 5.74) is 5.64. The van der Waals surface area contributed by atoms with Crippen LogP contribution >= 0.6 is 27.5 Å². The Hall–Kier alpha value is -2.24. The van der Waals surface area contributed by atoms with Gasteiger partial charge in [-0.2, -0.15) is 4.37 Å². The van der Waals surface area contributed by atoms with Crippen molar-refractivity contribution in [1.29, 1.82) is 0 Å². The summed E-state index contributed by atoms with van der Waals surface area (Å²) in [6.07, 6.45) is 0.777. The highest BCUT2D eigenvalue weighted by molar-refractivity contribution is 9.10. The summed E-state index contributed by atoms with van der Waals surface area (Å²) in [7, 11) is 3.89. The van der Waals surface area contributed by atoms with Crippen LogP contribution in [0.3, 0.4) is 0 Å². The molecule has 0 spiro atoms. The highest BCUT2D eigenvalue weighted by Gasteiger charge is 2.22. The highest BCUT2D eigenvalue weighted by Crippen LogP contribution is 2.31. The molecule has 152 valence electrons. The van der Waals surface area contributed by atoms with Gasteiger partial charge in [0.25, 0.3) is 5.91 Å². The first-order chi connectivity index (χ1) is 13.3. The van der Waals surface area contributed by atoms with Crippen LogP contribution in [0.1, 0.15) is 22.3 Å². The van der Waals surface area contributed by atoms with Crippen LogP contribution in [0.4, 0.5) is 14.2 Å². The zero-order valence-corrected chi connectivity index (χ0v) is 17.8. The average molecular weight is 474 g/mol. The number of aromatic nitrogens is 1. The van der Waals surface area contributed by atoms with E-state index in [1.54, 1.807) is 12.1 Å². The van der Waals surface area contributed by atoms with Crippen LogP contribution in [0.15, 0.2) is 22.7 Å². The van der Waals surface area contributed by atoms with E-state index in [0.29, 0.717) is 16.6 Å². The number of hydrogen-bond donors (Lipinski definition) is 3. The third-order valence-corrected chi connectivity index (χ3v) is 4.82. The lowest BCUT2D eigenvalue weighted by atomic mass is 10.2. The normalized spacial score (nSPS) is 10.8. The number of nitrogens with zero attached hydrogens (tertiary/aromatic N) is 2. The second kappa shape index (κ2) is 10.3. The van der Waals surface area contributed by atoms with Gasteiger partial charge in [0.05, 0.1) is 0 Å². The predicted molar refractivity (Wildman–Crippen MR) is 109 cm³/mol. The maximum absolute atomic E-state index is 13.9. The van der Waals surface area contributed by atoms with Gasteiger partial charge in [0.15, 0.2) is 0 Å². The molecule has 1 aromatic heterocycles. The average Bonchev–Trinajstić information content (AvgIpc) is 3.00. The lowest BCUT2D eigenvalue weighted by Crippen LogP contribution is -2.31. The molecule has 28 heavy (non-hydrogen) atoms. The van der Waals surface area contributed by atoms with Gasteiger partial charge >= 0.3 is 6.03 Å². The van der Waals surface area contributed by atoms with Crippen LogP contribution in [0.25, 0.3) is 0 Å². The van der Waals surface area contributed by atoms with Crippen molar-refractivity contribution in [3.63, 3.8) is 0 Å². The molecular formula is C17H21BrFN5O3S. The molecule has 0 aliphatic heterocycles. The number of carbonyl (C=O) groups excluding carboxylic acids is 2. The van der Waals surface area contributed by atoms with E-state index in [1.165, 1.54) is 6.07 Å². The molecule has 0 fully saturated rings. The van der Waals surface area contributed by atoms with Crippen LogP contribution in [-0.2, 0) is 6.61 Å². The van der Waals surface area contributed by atoms with Crippen molar-refractivity contribution in [3.05, 3.63) is 39.6 Å². The van der Waals surface area contributed by atoms with Gasteiger partial charge in [-0.1, -0.05) is 22.0 Å². The smallest absolute Gasteiger partial charge is 0.319 e. The second-order valence-corrected chi connectivity index (χ2v) is 7.81. The lowest BCUT2D eigenvalue weighted by molar-refractivity contribution is 0.0996. The summed E-state index contributed by atoms with van der Waals surface area (Å²) in [5.74, 6) is -1.31. The molecule has 2 aromatic rings. The zero-order valence-electron chi connectivity index (χ0n) is 15.4. The molecule has 0 aliphatic carbocycles. The Morgan fingerprint density at radius 2 is 2.14 bits per heavy atom. The van der Waals surface area contributed by atoms with E-state index >= 15 is 0 Å². The number of anilines is 1. The summed E-state index contributed by atoms with van der Waals surface area (Å²) in [4.78, 5) is 25.8. The number of hydrogen-bond acceptors (Lipinski definition) is 6. The van der Waals surface area contributed by atoms with E-state index in [9.17, 15) is 14.0 Å². The van der Waals surface area contributed by atoms with Gasteiger partial charge in [0.1, 0.15) is 23.0 Å². The molecule has 0 bridgehead atoms. The number of nitrogens with two attached hydrogens (primary N) is 1. The number of urea groups is 1. The summed E-state index contributed by atoms with van der Waals surface area (Å²) in [6, 6.07) is 4.06. The van der Waals surface area contributed by atoms with Gasteiger partial charge < -0.3 is 20.7 Å². The van der Waals surface area contributed by atoms with E-state index in [4.69, 9.17) is 10.5 Å². The number of carbonyl (C=O) groups is 2. The molecule has 8 nitrogen and oxygen atoms in total. The first-order valence-electron chi connectivity index (χ1n) is 8.33. The van der Waals surface area contributed by atoms with Gasteiger partial charge in [-0.3, -0.25) is 10.1 Å². The third-order valence-electron chi connectivity index (χ3n) is 3.58. The first-order valence-corrected chi connectivity index (χ1v) is 9.90. The summed E-state index contributed by atoms with van der Waals surface area (Å²) >= 11 is 4.04. The molecule has 2 rings (SSSR count). The van der Waals surface area contributed by atoms with Crippen LogP contribution < -0.4 is 21.1 Å². The minimum Gasteiger partial charge on any atom is -0.471 e. The number of halogens is 2. The van der Waals surface area contributed by atoms with Crippen LogP contribution in [-0.4, -0.2) is 48.4 Å². The van der Waals surface area contributed by atoms with Crippen LogP contribution in [0.5, 0.6) is 5.88 Å². The number of nitrogens with one attached hydrogen (secondary N) is 2. The van der Waals surface area contributed by atoms with Gasteiger partial charge in [-0.15, -0.1) is 0 Å². The van der Waals surface area contributed by atoms with E-state index in [1.807, 2.05) is 19.0 Å². The van der Waals surface area contributed by atoms with Crippen LogP contribution in [0, 0.1) is 5.82 Å². The Bertz CT molecular complexity index is 846. The molecule has 0 saturated heterocycles. The fourth-order valence-electron chi connectivity index (χ4n) is 2.21. The topological polar surface area (TPSA) is 110 Å². The molecule has 4 N–H and O–H groups in total. The molecule has 0 aliphatic rings. The van der Waals surface area contributed by atoms with Gasteiger partial charge in [0, 0.05) is 16.6 Å². The van der Waals surface area contributed by atoms with Crippen molar-refractivity contribution in [3.8, 4) is 5.88 Å². The van der Waals surface area contributed by atoms with Crippen molar-refractivity contribution in [2.75, 3.05) is 32.5 Å². The quantitative estimate of drug-likeness (QED) is 0.485. The number of amides is 3. The third kappa shape index (κ3) is 6.43. The Morgan fingerprint density at radius 3 is 2.79 bits per heavy atom. The van der Waals surface area contributed by atoms with Gasteiger partial charge in [-0.25, -0.2) is 9.18 Å². The van der Waals surface area contributed by atoms with Gasteiger partial charge in [-0.05, 0) is 50.7 Å². The van der Waals surface area contributed by atoms with Crippen LogP contribution in [0.2, 0.25) is 0 Å². The molecule has 0 radical (unpaired) electrons. The van der Waals surface area contributed by atoms with Gasteiger partial charge in [0.2, 0.25) is 5.88 Å². The zero-order chi connectivity index (χ0) is 20.7. The summed E-state index contributed by atoms with van der Waals surface area (Å²) in [6.45, 7) is 1.16. The summed E-state index contributed by atoms with van der Waals surface area (Å²) < 4.78 is 24.0. The predicted octanol–water partition coefficient (Wildman–Crippen LogP) is 2.80. The lowest BCUT2D eigenvalue weighted by Gasteiger charge is -2.10. The minimum atomic E-state index is -0.803. The van der Waals surface area contributed by atoms with E-state index in [2.05, 4.69) is 30.9 Å². The van der Waals surface area contributed by atoms with Crippen molar-refractivity contribution >= 4 is 44.4 Å². The monoisotopic (exact) mass is 473 g/mol. The Kier molecular flexibility index (Phi) is 8.15. The largest absolute Gasteiger partial charge is 0.471 e. The first kappa shape index (κ1) is 22.1. The number of ether oxygens (including phenoxy) is 1. The van der Waals surface area contributed by atoms with Crippen molar-refractivity contribution in [2.45, 2.75) is 13.0 Å². The number of rotatable bonds is 9. The Balaban J connectivity index is 2.00. The molecule has 3 amide bonds. The molecule has 0 saturated carbocycles. The van der Waals surface area contributed by atoms with E-state index in [0.717, 1.165) is 24.5 Å². The molecule has 1 aromatic carbocycles. The molecule has 0 atom stereocenters. The van der Waals surface area contributed by atoms with E-state index < -0.39 is 17.8 Å². The fourth-order valence-corrected chi connectivity index (χ4v) is 3.27. The molecule has 11 heteroatoms. The Labute approximate surface area is 174 Å². The number of benzene rings is 1. The molecule has 1 heterocycles. The summed E-state index contributed by atoms with van der Waals surface area (Å²) in [5, 5.41) is 5.41. The molecule has 0 unspecified atom stereocenters. The maximum atomic E-state index is 13.9. The minimum absolute atomic E-state index is 0.0500. The van der Waals surface area contributed by atoms with E-state index in [-0.39, 0.29) is 23.1 Å². The Morgan fingerprint density at radius 1 is 1.39 bits per heavy atom. The fraction of sp³-hybridized carbons (Fsp3) is 0.353. The van der Waals surface area contributed by atoms with Crippen molar-refractivity contribution in [1.82, 2.24) is 14.6 Å². The maximum Gasteiger partial charge on any atom is 0.319 e. The van der Waals surface area contributed by atoms with Crippen molar-refractivity contribution in [2.24, 2.45) is 5.73 Å². The highest BCUT2D eigenvalue weighted by atomic mass is 79.9. The SMILES string of the molecule is CN(C)CCCNC(=O)Nc1snc(OCc2ccc(Br)cc2F)c1C(N)=O. The van der Waals surface area contributed by atoms with Crippen molar-refractivity contribution < 1.29 is 18.7 Å².